The topological polar surface area (TPSA) is 67.8 Å². The van der Waals surface area contributed by atoms with E-state index >= 15 is 0 Å². The van der Waals surface area contributed by atoms with Gasteiger partial charge in [0, 0.05) is 19.3 Å². The summed E-state index contributed by atoms with van der Waals surface area (Å²) in [5.41, 5.74) is 2.05. The van der Waals surface area contributed by atoms with Crippen LogP contribution < -0.4 is 4.72 Å². The molecular formula is C22H37NO4S. The molecule has 0 amide bonds. The Kier molecular flexibility index (Phi) is 10.1. The molecule has 0 saturated carbocycles. The minimum Gasteiger partial charge on any atom is -0.392 e. The van der Waals surface area contributed by atoms with Crippen molar-refractivity contribution in [3.05, 3.63) is 35.4 Å². The first kappa shape index (κ1) is 23.5. The maximum Gasteiger partial charge on any atom is 0.157 e. The maximum absolute atomic E-state index is 12.6. The number of aliphatic hydroxyl groups is 1. The number of unbranched alkanes of at least 4 members (excludes halogenated alkanes) is 1. The molecule has 160 valence electrons. The van der Waals surface area contributed by atoms with Gasteiger partial charge in [-0.05, 0) is 76.8 Å². The standard InChI is InChI=1S/C22H37NO4S/c1-22(2,3)28(25)23-20(16-18-10-4-5-11-19(18)17-24)12-6-8-14-26-21-13-7-9-15-27-21/h4-5,10-11,20-21,23-24H,6-9,12-17H2,1-3H3/t20-,21?,28+/m0/s1. The summed E-state index contributed by atoms with van der Waals surface area (Å²) in [6, 6.07) is 8.02. The molecule has 1 saturated heterocycles. The minimum atomic E-state index is -1.12. The number of ether oxygens (including phenoxy) is 2. The minimum absolute atomic E-state index is 0.0283. The van der Waals surface area contributed by atoms with E-state index in [1.165, 1.54) is 6.42 Å². The maximum atomic E-state index is 12.6. The van der Waals surface area contributed by atoms with Crippen LogP contribution in [0.1, 0.15) is 70.4 Å². The van der Waals surface area contributed by atoms with Crippen LogP contribution in [0.25, 0.3) is 0 Å². The molecule has 6 heteroatoms. The summed E-state index contributed by atoms with van der Waals surface area (Å²) in [5.74, 6) is 0. The van der Waals surface area contributed by atoms with E-state index in [1.54, 1.807) is 0 Å². The molecule has 1 aromatic carbocycles. The number of nitrogens with one attached hydrogen (secondary N) is 1. The summed E-state index contributed by atoms with van der Waals surface area (Å²) >= 11 is 0. The molecule has 0 aliphatic carbocycles. The first-order valence-corrected chi connectivity index (χ1v) is 11.6. The number of hydrogen-bond acceptors (Lipinski definition) is 4. The van der Waals surface area contributed by atoms with Crippen molar-refractivity contribution in [2.75, 3.05) is 13.2 Å². The molecule has 2 rings (SSSR count). The van der Waals surface area contributed by atoms with Crippen LogP contribution in [0.2, 0.25) is 0 Å². The van der Waals surface area contributed by atoms with E-state index in [-0.39, 0.29) is 23.7 Å². The molecule has 1 aliphatic heterocycles. The fraction of sp³-hybridized carbons (Fsp3) is 0.727. The third-order valence-corrected chi connectivity index (χ3v) is 6.63. The van der Waals surface area contributed by atoms with Crippen LogP contribution in [0.3, 0.4) is 0 Å². The largest absolute Gasteiger partial charge is 0.392 e. The van der Waals surface area contributed by atoms with Crippen LogP contribution in [0, 0.1) is 0 Å². The summed E-state index contributed by atoms with van der Waals surface area (Å²) in [6.07, 6.45) is 6.89. The molecule has 0 aromatic heterocycles. The predicted octanol–water partition coefficient (Wildman–Crippen LogP) is 3.86. The second-order valence-corrected chi connectivity index (χ2v) is 10.5. The van der Waals surface area contributed by atoms with Gasteiger partial charge >= 0.3 is 0 Å². The molecule has 28 heavy (non-hydrogen) atoms. The van der Waals surface area contributed by atoms with Gasteiger partial charge in [-0.3, -0.25) is 0 Å². The summed E-state index contributed by atoms with van der Waals surface area (Å²) in [5, 5.41) is 9.60. The number of aliphatic hydroxyl groups excluding tert-OH is 1. The van der Waals surface area contributed by atoms with Crippen LogP contribution in [0.4, 0.5) is 0 Å². The highest BCUT2D eigenvalue weighted by Crippen LogP contribution is 2.18. The Morgan fingerprint density at radius 2 is 2.00 bits per heavy atom. The second kappa shape index (κ2) is 12.0. The highest BCUT2D eigenvalue weighted by molar-refractivity contribution is 7.84. The summed E-state index contributed by atoms with van der Waals surface area (Å²) in [6.45, 7) is 7.47. The van der Waals surface area contributed by atoms with Gasteiger partial charge in [-0.25, -0.2) is 8.93 Å². The normalized spacial score (nSPS) is 20.1. The fourth-order valence-electron chi connectivity index (χ4n) is 3.26. The lowest BCUT2D eigenvalue weighted by molar-refractivity contribution is -0.162. The lowest BCUT2D eigenvalue weighted by atomic mass is 9.98. The number of rotatable bonds is 11. The van der Waals surface area contributed by atoms with Crippen LogP contribution >= 0.6 is 0 Å². The predicted molar refractivity (Wildman–Crippen MR) is 114 cm³/mol. The summed E-state index contributed by atoms with van der Waals surface area (Å²) < 4.78 is 27.1. The molecule has 0 bridgehead atoms. The highest BCUT2D eigenvalue weighted by Gasteiger charge is 2.23. The fourth-order valence-corrected chi connectivity index (χ4v) is 4.11. The molecule has 1 fully saturated rings. The molecule has 2 N–H and O–H groups in total. The van der Waals surface area contributed by atoms with Gasteiger partial charge in [-0.15, -0.1) is 0 Å². The Labute approximate surface area is 172 Å². The molecule has 1 aliphatic rings. The third kappa shape index (κ3) is 8.29. The molecule has 1 aromatic rings. The van der Waals surface area contributed by atoms with Gasteiger partial charge in [0.2, 0.25) is 0 Å². The van der Waals surface area contributed by atoms with E-state index in [0.29, 0.717) is 6.61 Å². The van der Waals surface area contributed by atoms with Crippen molar-refractivity contribution in [1.82, 2.24) is 4.72 Å². The Hall–Kier alpha value is -0.790. The third-order valence-electron chi connectivity index (χ3n) is 4.97. The van der Waals surface area contributed by atoms with Crippen LogP contribution in [-0.4, -0.2) is 39.6 Å². The van der Waals surface area contributed by atoms with Crippen molar-refractivity contribution in [3.8, 4) is 0 Å². The Morgan fingerprint density at radius 3 is 2.64 bits per heavy atom. The molecule has 0 spiro atoms. The molecule has 5 nitrogen and oxygen atoms in total. The Morgan fingerprint density at radius 1 is 1.25 bits per heavy atom. The van der Waals surface area contributed by atoms with Gasteiger partial charge in [-0.1, -0.05) is 24.3 Å². The van der Waals surface area contributed by atoms with Crippen molar-refractivity contribution in [2.24, 2.45) is 0 Å². The SMILES string of the molecule is CC(C)(C)[S@@](=O)N[C@@H](CCCCOC1CCCCO1)Cc1ccccc1CO. The van der Waals surface area contributed by atoms with Crippen LogP contribution in [0.5, 0.6) is 0 Å². The van der Waals surface area contributed by atoms with Crippen LogP contribution in [-0.2, 0) is 33.5 Å². The average molecular weight is 412 g/mol. The molecule has 3 atom stereocenters. The second-order valence-electron chi connectivity index (χ2n) is 8.49. The summed E-state index contributed by atoms with van der Waals surface area (Å²) in [4.78, 5) is 0. The van der Waals surface area contributed by atoms with Crippen molar-refractivity contribution in [2.45, 2.75) is 89.4 Å². The average Bonchev–Trinajstić information content (AvgIpc) is 2.68. The highest BCUT2D eigenvalue weighted by atomic mass is 32.2. The molecular weight excluding hydrogens is 374 g/mol. The van der Waals surface area contributed by atoms with Gasteiger partial charge < -0.3 is 14.6 Å². The van der Waals surface area contributed by atoms with E-state index in [9.17, 15) is 9.32 Å². The molecule has 0 radical (unpaired) electrons. The smallest absolute Gasteiger partial charge is 0.157 e. The van der Waals surface area contributed by atoms with E-state index in [0.717, 1.165) is 56.3 Å². The quantitative estimate of drug-likeness (QED) is 0.543. The van der Waals surface area contributed by atoms with E-state index < -0.39 is 11.0 Å². The monoisotopic (exact) mass is 411 g/mol. The lowest BCUT2D eigenvalue weighted by Gasteiger charge is -2.25. The van der Waals surface area contributed by atoms with Crippen molar-refractivity contribution in [1.29, 1.82) is 0 Å². The van der Waals surface area contributed by atoms with Crippen molar-refractivity contribution in [3.63, 3.8) is 0 Å². The summed E-state index contributed by atoms with van der Waals surface area (Å²) in [7, 11) is -1.12. The van der Waals surface area contributed by atoms with Gasteiger partial charge in [0.05, 0.1) is 22.3 Å². The lowest BCUT2D eigenvalue weighted by Crippen LogP contribution is -2.41. The number of benzene rings is 1. The first-order valence-electron chi connectivity index (χ1n) is 10.5. The van der Waals surface area contributed by atoms with Gasteiger partial charge in [0.15, 0.2) is 6.29 Å². The van der Waals surface area contributed by atoms with Gasteiger partial charge in [0.25, 0.3) is 0 Å². The van der Waals surface area contributed by atoms with Crippen molar-refractivity contribution >= 4 is 11.0 Å². The zero-order chi connectivity index (χ0) is 20.4. The zero-order valence-electron chi connectivity index (χ0n) is 17.6. The Balaban J connectivity index is 1.85. The molecule has 1 heterocycles. The van der Waals surface area contributed by atoms with Gasteiger partial charge in [0.1, 0.15) is 0 Å². The first-order chi connectivity index (χ1) is 13.4. The van der Waals surface area contributed by atoms with E-state index in [4.69, 9.17) is 9.47 Å². The van der Waals surface area contributed by atoms with E-state index in [1.807, 2.05) is 45.0 Å². The molecule has 1 unspecified atom stereocenters. The Bertz CT molecular complexity index is 596. The zero-order valence-corrected chi connectivity index (χ0v) is 18.4. The van der Waals surface area contributed by atoms with Crippen LogP contribution in [0.15, 0.2) is 24.3 Å². The number of hydrogen-bond donors (Lipinski definition) is 2. The van der Waals surface area contributed by atoms with Crippen molar-refractivity contribution < 1.29 is 18.8 Å². The van der Waals surface area contributed by atoms with Gasteiger partial charge in [-0.2, -0.15) is 0 Å². The van der Waals surface area contributed by atoms with E-state index in [2.05, 4.69) is 4.72 Å².